The Kier molecular flexibility index (Phi) is 3.25. The molecule has 3 nitrogen and oxygen atoms in total. The molecular formula is C13H15NO2. The minimum atomic E-state index is -0.317. The third-order valence-corrected chi connectivity index (χ3v) is 2.74. The van der Waals surface area contributed by atoms with Gasteiger partial charge in [-0.1, -0.05) is 18.2 Å². The summed E-state index contributed by atoms with van der Waals surface area (Å²) < 4.78 is 4.58. The van der Waals surface area contributed by atoms with Crippen molar-refractivity contribution in [2.45, 2.75) is 12.8 Å². The average Bonchev–Trinajstić information content (AvgIpc) is 2.35. The van der Waals surface area contributed by atoms with Crippen LogP contribution in [0.25, 0.3) is 0 Å². The van der Waals surface area contributed by atoms with Gasteiger partial charge in [-0.15, -0.1) is 0 Å². The molecule has 0 fully saturated rings. The van der Waals surface area contributed by atoms with E-state index in [0.29, 0.717) is 0 Å². The van der Waals surface area contributed by atoms with Crippen LogP contribution in [0.2, 0.25) is 0 Å². The summed E-state index contributed by atoms with van der Waals surface area (Å²) in [6.07, 6.45) is 5.48. The van der Waals surface area contributed by atoms with Crippen LogP contribution in [0.1, 0.15) is 12.0 Å². The molecule has 84 valence electrons. The zero-order valence-electron chi connectivity index (χ0n) is 9.35. The van der Waals surface area contributed by atoms with Crippen molar-refractivity contribution in [3.8, 4) is 0 Å². The number of aryl methyl sites for hydroxylation is 1. The van der Waals surface area contributed by atoms with Crippen LogP contribution in [0.15, 0.2) is 36.5 Å². The number of hydrogen-bond acceptors (Lipinski definition) is 3. The number of nitrogens with zero attached hydrogens (tertiary/aromatic N) is 1. The van der Waals surface area contributed by atoms with E-state index < -0.39 is 0 Å². The number of benzene rings is 1. The number of fused-ring (bicyclic) bond motifs is 1. The molecule has 0 unspecified atom stereocenters. The van der Waals surface area contributed by atoms with Gasteiger partial charge in [0.1, 0.15) is 0 Å². The zero-order valence-corrected chi connectivity index (χ0v) is 9.35. The summed E-state index contributed by atoms with van der Waals surface area (Å²) in [5.41, 5.74) is 2.53. The highest BCUT2D eigenvalue weighted by Gasteiger charge is 2.13. The van der Waals surface area contributed by atoms with Crippen LogP contribution < -0.4 is 4.90 Å². The second kappa shape index (κ2) is 4.84. The summed E-state index contributed by atoms with van der Waals surface area (Å²) in [6.45, 7) is 0.949. The topological polar surface area (TPSA) is 29.5 Å². The van der Waals surface area contributed by atoms with Crippen molar-refractivity contribution in [2.24, 2.45) is 0 Å². The molecule has 0 atom stereocenters. The van der Waals surface area contributed by atoms with Crippen LogP contribution in [0.4, 0.5) is 5.69 Å². The van der Waals surface area contributed by atoms with Gasteiger partial charge in [0, 0.05) is 24.5 Å². The fraction of sp³-hybridized carbons (Fsp3) is 0.308. The maximum absolute atomic E-state index is 11.0. The van der Waals surface area contributed by atoms with Gasteiger partial charge in [0.2, 0.25) is 0 Å². The number of para-hydroxylation sites is 1. The van der Waals surface area contributed by atoms with Crippen LogP contribution in [0, 0.1) is 0 Å². The zero-order chi connectivity index (χ0) is 11.4. The molecule has 0 N–H and O–H groups in total. The molecule has 16 heavy (non-hydrogen) atoms. The summed E-state index contributed by atoms with van der Waals surface area (Å²) in [7, 11) is 1.39. The Morgan fingerprint density at radius 2 is 2.25 bits per heavy atom. The van der Waals surface area contributed by atoms with Gasteiger partial charge in [0.25, 0.3) is 0 Å². The molecule has 0 aromatic heterocycles. The number of methoxy groups -OCH3 is 1. The largest absolute Gasteiger partial charge is 0.466 e. The first-order valence-corrected chi connectivity index (χ1v) is 5.42. The van der Waals surface area contributed by atoms with Gasteiger partial charge in [-0.2, -0.15) is 0 Å². The molecule has 0 saturated carbocycles. The Labute approximate surface area is 95.3 Å². The predicted octanol–water partition coefficient (Wildman–Crippen LogP) is 2.13. The highest BCUT2D eigenvalue weighted by Crippen LogP contribution is 2.26. The molecule has 3 heteroatoms. The lowest BCUT2D eigenvalue weighted by atomic mass is 10.0. The number of rotatable bonds is 2. The predicted molar refractivity (Wildman–Crippen MR) is 63.3 cm³/mol. The Morgan fingerprint density at radius 1 is 1.44 bits per heavy atom. The molecule has 0 amide bonds. The lowest BCUT2D eigenvalue weighted by Crippen LogP contribution is -2.24. The third kappa shape index (κ3) is 2.24. The Balaban J connectivity index is 2.19. The number of anilines is 1. The molecule has 2 rings (SSSR count). The van der Waals surface area contributed by atoms with E-state index >= 15 is 0 Å². The lowest BCUT2D eigenvalue weighted by Gasteiger charge is -2.27. The minimum Gasteiger partial charge on any atom is -0.466 e. The van der Waals surface area contributed by atoms with E-state index in [4.69, 9.17) is 0 Å². The molecule has 1 aromatic rings. The van der Waals surface area contributed by atoms with Gasteiger partial charge in [-0.25, -0.2) is 4.79 Å². The number of carbonyl (C=O) groups excluding carboxylic acids is 1. The van der Waals surface area contributed by atoms with Crippen molar-refractivity contribution >= 4 is 11.7 Å². The summed E-state index contributed by atoms with van der Waals surface area (Å²) in [4.78, 5) is 13.1. The van der Waals surface area contributed by atoms with E-state index in [2.05, 4.69) is 21.8 Å². The number of hydrogen-bond donors (Lipinski definition) is 0. The van der Waals surface area contributed by atoms with Crippen molar-refractivity contribution in [1.29, 1.82) is 0 Å². The van der Waals surface area contributed by atoms with E-state index in [1.54, 1.807) is 6.20 Å². The van der Waals surface area contributed by atoms with E-state index in [1.165, 1.54) is 24.4 Å². The number of carbonyl (C=O) groups is 1. The molecule has 0 radical (unpaired) electrons. The molecule has 0 saturated heterocycles. The van der Waals surface area contributed by atoms with Crippen LogP contribution in [-0.4, -0.2) is 19.6 Å². The maximum atomic E-state index is 11.0. The standard InChI is InChI=1S/C13H15NO2/c1-16-13(15)8-10-14-9-4-6-11-5-2-3-7-12(11)14/h2-3,5,7-8,10H,4,6,9H2,1H3. The lowest BCUT2D eigenvalue weighted by molar-refractivity contribution is -0.134. The molecule has 0 bridgehead atoms. The Hall–Kier alpha value is -1.77. The monoisotopic (exact) mass is 217 g/mol. The minimum absolute atomic E-state index is 0.317. The molecule has 1 aromatic carbocycles. The first kappa shape index (κ1) is 10.7. The van der Waals surface area contributed by atoms with Gasteiger partial charge in [0.15, 0.2) is 0 Å². The highest BCUT2D eigenvalue weighted by atomic mass is 16.5. The Bertz CT molecular complexity index is 412. The van der Waals surface area contributed by atoms with Crippen LogP contribution >= 0.6 is 0 Å². The first-order valence-electron chi connectivity index (χ1n) is 5.42. The van der Waals surface area contributed by atoms with Crippen molar-refractivity contribution in [3.63, 3.8) is 0 Å². The van der Waals surface area contributed by atoms with E-state index in [0.717, 1.165) is 19.4 Å². The summed E-state index contributed by atoms with van der Waals surface area (Å²) in [5, 5.41) is 0. The van der Waals surface area contributed by atoms with Crippen molar-refractivity contribution in [1.82, 2.24) is 0 Å². The smallest absolute Gasteiger partial charge is 0.331 e. The van der Waals surface area contributed by atoms with Crippen molar-refractivity contribution < 1.29 is 9.53 Å². The van der Waals surface area contributed by atoms with E-state index in [1.807, 2.05) is 12.1 Å². The second-order valence-electron chi connectivity index (χ2n) is 3.76. The van der Waals surface area contributed by atoms with Gasteiger partial charge in [-0.3, -0.25) is 0 Å². The molecule has 0 aliphatic carbocycles. The van der Waals surface area contributed by atoms with Crippen LogP contribution in [0.3, 0.4) is 0 Å². The van der Waals surface area contributed by atoms with E-state index in [-0.39, 0.29) is 5.97 Å². The van der Waals surface area contributed by atoms with Crippen LogP contribution in [0.5, 0.6) is 0 Å². The maximum Gasteiger partial charge on any atom is 0.331 e. The summed E-state index contributed by atoms with van der Waals surface area (Å²) in [6, 6.07) is 8.28. The Morgan fingerprint density at radius 3 is 3.06 bits per heavy atom. The molecular weight excluding hydrogens is 202 g/mol. The second-order valence-corrected chi connectivity index (χ2v) is 3.76. The van der Waals surface area contributed by atoms with Gasteiger partial charge in [-0.05, 0) is 24.5 Å². The average molecular weight is 217 g/mol. The summed E-state index contributed by atoms with van der Waals surface area (Å²) in [5.74, 6) is -0.317. The highest BCUT2D eigenvalue weighted by molar-refractivity contribution is 5.82. The van der Waals surface area contributed by atoms with Gasteiger partial charge < -0.3 is 9.64 Å². The fourth-order valence-corrected chi connectivity index (χ4v) is 1.94. The third-order valence-electron chi connectivity index (χ3n) is 2.74. The molecule has 1 aliphatic rings. The number of esters is 1. The molecule has 1 heterocycles. The SMILES string of the molecule is COC(=O)C=CN1CCCc2ccccc21. The van der Waals surface area contributed by atoms with Gasteiger partial charge >= 0.3 is 5.97 Å². The fourth-order valence-electron chi connectivity index (χ4n) is 1.94. The molecule has 1 aliphatic heterocycles. The quantitative estimate of drug-likeness (QED) is 0.561. The first-order chi connectivity index (χ1) is 7.81. The van der Waals surface area contributed by atoms with Crippen LogP contribution in [-0.2, 0) is 16.0 Å². The van der Waals surface area contributed by atoms with Crippen molar-refractivity contribution in [3.05, 3.63) is 42.1 Å². The van der Waals surface area contributed by atoms with Crippen molar-refractivity contribution in [2.75, 3.05) is 18.6 Å². The molecule has 0 spiro atoms. The van der Waals surface area contributed by atoms with Gasteiger partial charge in [0.05, 0.1) is 7.11 Å². The van der Waals surface area contributed by atoms with E-state index in [9.17, 15) is 4.79 Å². The summed E-state index contributed by atoms with van der Waals surface area (Å²) >= 11 is 0. The number of ether oxygens (including phenoxy) is 1. The normalized spacial score (nSPS) is 14.9.